The standard InChI is InChI=1S/C3H5N2O2.BF4/c6-4-1-2-5(7)3-4;2-1(3,4)5/h1-3,6-7H;/q+1;-1. The van der Waals surface area contributed by atoms with E-state index in [4.69, 9.17) is 10.4 Å². The Morgan fingerprint density at radius 3 is 1.75 bits per heavy atom. The van der Waals surface area contributed by atoms with E-state index in [0.29, 0.717) is 0 Å². The number of aromatic nitrogens is 2. The first kappa shape index (κ1) is 10.6. The third-order valence-corrected chi connectivity index (χ3v) is 0.609. The molecule has 0 aromatic carbocycles. The highest BCUT2D eigenvalue weighted by Gasteiger charge is 2.20. The molecule has 0 saturated heterocycles. The number of hydrogen-bond acceptors (Lipinski definition) is 2. The Bertz CT molecular complexity index is 214. The Morgan fingerprint density at radius 1 is 1.25 bits per heavy atom. The summed E-state index contributed by atoms with van der Waals surface area (Å²) in [5.74, 6) is 0. The van der Waals surface area contributed by atoms with Crippen molar-refractivity contribution in [1.82, 2.24) is 4.73 Å². The number of nitrogens with zero attached hydrogens (tertiary/aromatic N) is 2. The predicted octanol–water partition coefficient (Wildman–Crippen LogP) is 0.550. The fraction of sp³-hybridized carbons (Fsp3) is 0. The zero-order chi connectivity index (χ0) is 9.78. The molecule has 0 aliphatic rings. The summed E-state index contributed by atoms with van der Waals surface area (Å²) in [5.41, 5.74) is 0. The van der Waals surface area contributed by atoms with Crippen LogP contribution in [-0.4, -0.2) is 22.4 Å². The Kier molecular flexibility index (Phi) is 3.39. The molecule has 0 fully saturated rings. The van der Waals surface area contributed by atoms with Gasteiger partial charge in [-0.05, 0) is 0 Å². The molecule has 1 aromatic heterocycles. The molecule has 0 unspecified atom stereocenters. The van der Waals surface area contributed by atoms with E-state index in [1.807, 2.05) is 0 Å². The minimum Gasteiger partial charge on any atom is -0.418 e. The van der Waals surface area contributed by atoms with Crippen molar-refractivity contribution in [3.63, 3.8) is 0 Å². The van der Waals surface area contributed by atoms with Crippen LogP contribution < -0.4 is 4.73 Å². The highest BCUT2D eigenvalue weighted by Crippen LogP contribution is 2.06. The summed E-state index contributed by atoms with van der Waals surface area (Å²) in [6.07, 6.45) is 3.72. The van der Waals surface area contributed by atoms with E-state index in [-0.39, 0.29) is 0 Å². The van der Waals surface area contributed by atoms with Crippen molar-refractivity contribution in [2.24, 2.45) is 0 Å². The van der Waals surface area contributed by atoms with Gasteiger partial charge in [-0.3, -0.25) is 0 Å². The molecule has 0 aliphatic heterocycles. The topological polar surface area (TPSA) is 49.3 Å². The largest absolute Gasteiger partial charge is 0.673 e. The third-order valence-electron chi connectivity index (χ3n) is 0.609. The molecule has 1 rings (SSSR count). The first-order valence-corrected chi connectivity index (χ1v) is 2.64. The summed E-state index contributed by atoms with van der Waals surface area (Å²) < 4.78 is 40.5. The lowest BCUT2D eigenvalue weighted by molar-refractivity contribution is -0.905. The Labute approximate surface area is 64.3 Å². The second-order valence-corrected chi connectivity index (χ2v) is 1.67. The summed E-state index contributed by atoms with van der Waals surface area (Å²) in [5, 5.41) is 16.8. The van der Waals surface area contributed by atoms with Crippen molar-refractivity contribution >= 4 is 7.25 Å². The van der Waals surface area contributed by atoms with Crippen LogP contribution in [0.5, 0.6) is 0 Å². The summed E-state index contributed by atoms with van der Waals surface area (Å²) in [6.45, 7) is 0. The van der Waals surface area contributed by atoms with Gasteiger partial charge in [-0.25, -0.2) is 0 Å². The fourth-order valence-corrected chi connectivity index (χ4v) is 0.335. The smallest absolute Gasteiger partial charge is 0.418 e. The van der Waals surface area contributed by atoms with Gasteiger partial charge in [-0.1, -0.05) is 9.46 Å². The van der Waals surface area contributed by atoms with Gasteiger partial charge in [0.25, 0.3) is 0 Å². The highest BCUT2D eigenvalue weighted by molar-refractivity contribution is 6.50. The van der Waals surface area contributed by atoms with E-state index in [1.165, 1.54) is 12.4 Å². The number of imidazole rings is 1. The van der Waals surface area contributed by atoms with E-state index in [0.717, 1.165) is 15.8 Å². The molecule has 0 amide bonds. The van der Waals surface area contributed by atoms with Gasteiger partial charge in [0, 0.05) is 0 Å². The van der Waals surface area contributed by atoms with Gasteiger partial charge in [-0.15, -0.1) is 0 Å². The van der Waals surface area contributed by atoms with Crippen LogP contribution in [0.4, 0.5) is 17.3 Å². The summed E-state index contributed by atoms with van der Waals surface area (Å²) in [4.78, 5) is 0. The molecule has 0 atom stereocenters. The zero-order valence-corrected chi connectivity index (χ0v) is 5.61. The first-order chi connectivity index (χ1) is 5.29. The minimum atomic E-state index is -6.00. The molecule has 1 heterocycles. The van der Waals surface area contributed by atoms with Crippen LogP contribution >= 0.6 is 0 Å². The van der Waals surface area contributed by atoms with Crippen molar-refractivity contribution in [3.8, 4) is 0 Å². The van der Waals surface area contributed by atoms with Crippen molar-refractivity contribution in [3.05, 3.63) is 18.7 Å². The molecule has 0 spiro atoms. The monoisotopic (exact) mass is 188 g/mol. The Balaban J connectivity index is 0.000000217. The molecule has 70 valence electrons. The van der Waals surface area contributed by atoms with Gasteiger partial charge in [0.15, 0.2) is 12.4 Å². The molecule has 1 aromatic rings. The van der Waals surface area contributed by atoms with E-state index >= 15 is 0 Å². The maximum Gasteiger partial charge on any atom is 0.673 e. The van der Waals surface area contributed by atoms with Gasteiger partial charge in [0.05, 0.1) is 0 Å². The zero-order valence-electron chi connectivity index (χ0n) is 5.61. The Hall–Kier alpha value is -1.41. The lowest BCUT2D eigenvalue weighted by Gasteiger charge is -1.94. The van der Waals surface area contributed by atoms with Crippen molar-refractivity contribution < 1.29 is 32.4 Å². The third kappa shape index (κ3) is 8.59. The van der Waals surface area contributed by atoms with Crippen LogP contribution in [0.1, 0.15) is 0 Å². The van der Waals surface area contributed by atoms with Gasteiger partial charge < -0.3 is 27.7 Å². The van der Waals surface area contributed by atoms with Crippen LogP contribution in [0, 0.1) is 0 Å². The molecule has 0 saturated carbocycles. The Morgan fingerprint density at radius 2 is 1.67 bits per heavy atom. The van der Waals surface area contributed by atoms with Crippen LogP contribution in [0.25, 0.3) is 0 Å². The quantitative estimate of drug-likeness (QED) is 0.270. The summed E-state index contributed by atoms with van der Waals surface area (Å²) >= 11 is 0. The van der Waals surface area contributed by atoms with E-state index in [2.05, 4.69) is 0 Å². The molecular weight excluding hydrogens is 183 g/mol. The SMILES string of the molecule is F[B-](F)(F)F.On1cc[n+](O)c1. The van der Waals surface area contributed by atoms with E-state index in [1.54, 1.807) is 0 Å². The maximum absolute atomic E-state index is 9.75. The average molecular weight is 188 g/mol. The molecule has 12 heavy (non-hydrogen) atoms. The first-order valence-electron chi connectivity index (χ1n) is 2.64. The van der Waals surface area contributed by atoms with Gasteiger partial charge in [-0.2, -0.15) is 0 Å². The molecule has 0 aliphatic carbocycles. The molecular formula is C3H5BF4N2O2. The molecule has 0 radical (unpaired) electrons. The summed E-state index contributed by atoms with van der Waals surface area (Å²) in [6, 6.07) is 0. The van der Waals surface area contributed by atoms with E-state index in [9.17, 15) is 17.3 Å². The van der Waals surface area contributed by atoms with Crippen molar-refractivity contribution in [2.75, 3.05) is 0 Å². The van der Waals surface area contributed by atoms with Crippen LogP contribution in [0.3, 0.4) is 0 Å². The summed E-state index contributed by atoms with van der Waals surface area (Å²) in [7, 11) is -6.00. The lowest BCUT2D eigenvalue weighted by atomic mass is 10.3. The number of rotatable bonds is 0. The minimum absolute atomic E-state index is 0.750. The normalized spacial score (nSPS) is 10.3. The number of hydrogen-bond donors (Lipinski definition) is 2. The van der Waals surface area contributed by atoms with Crippen LogP contribution in [0.2, 0.25) is 0 Å². The lowest BCUT2D eigenvalue weighted by Crippen LogP contribution is -2.25. The second-order valence-electron chi connectivity index (χ2n) is 1.67. The molecule has 0 bridgehead atoms. The average Bonchev–Trinajstić information content (AvgIpc) is 2.09. The van der Waals surface area contributed by atoms with Crippen LogP contribution in [0.15, 0.2) is 18.7 Å². The van der Waals surface area contributed by atoms with Gasteiger partial charge in [0.2, 0.25) is 0 Å². The second kappa shape index (κ2) is 3.84. The molecule has 2 N–H and O–H groups in total. The fourth-order valence-electron chi connectivity index (χ4n) is 0.335. The molecule has 4 nitrogen and oxygen atoms in total. The van der Waals surface area contributed by atoms with E-state index < -0.39 is 7.25 Å². The van der Waals surface area contributed by atoms with Crippen molar-refractivity contribution in [2.45, 2.75) is 0 Å². The van der Waals surface area contributed by atoms with Crippen LogP contribution in [-0.2, 0) is 0 Å². The van der Waals surface area contributed by atoms with Crippen molar-refractivity contribution in [1.29, 1.82) is 0 Å². The van der Waals surface area contributed by atoms with Gasteiger partial charge >= 0.3 is 13.6 Å². The maximum atomic E-state index is 9.75. The highest BCUT2D eigenvalue weighted by atomic mass is 19.5. The number of halogens is 4. The van der Waals surface area contributed by atoms with Gasteiger partial charge in [0.1, 0.15) is 0 Å². The molecule has 9 heteroatoms. The predicted molar refractivity (Wildman–Crippen MR) is 29.2 cm³/mol.